The van der Waals surface area contributed by atoms with Crippen LogP contribution in [-0.4, -0.2) is 33.1 Å². The van der Waals surface area contributed by atoms with Gasteiger partial charge in [-0.15, -0.1) is 0 Å². The van der Waals surface area contributed by atoms with Gasteiger partial charge >= 0.3 is 0 Å². The minimum absolute atomic E-state index is 0.293. The van der Waals surface area contributed by atoms with Crippen molar-refractivity contribution in [2.45, 2.75) is 39.2 Å². The molecule has 1 saturated carbocycles. The number of aryl methyl sites for hydroxylation is 2. The Balaban J connectivity index is 1.73. The first kappa shape index (κ1) is 14.6. The second-order valence-corrected chi connectivity index (χ2v) is 6.87. The van der Waals surface area contributed by atoms with Crippen LogP contribution in [-0.2, 0) is 13.0 Å². The van der Waals surface area contributed by atoms with E-state index in [0.717, 1.165) is 42.5 Å². The highest BCUT2D eigenvalue weighted by Crippen LogP contribution is 2.33. The summed E-state index contributed by atoms with van der Waals surface area (Å²) in [6.07, 6.45) is 4.98. The molecule has 0 unspecified atom stereocenters. The molecule has 1 aliphatic carbocycles. The first-order valence-electron chi connectivity index (χ1n) is 8.57. The van der Waals surface area contributed by atoms with Gasteiger partial charge in [0.05, 0.1) is 5.69 Å². The highest BCUT2D eigenvalue weighted by Gasteiger charge is 2.27. The highest BCUT2D eigenvalue weighted by molar-refractivity contribution is 5.65. The summed E-state index contributed by atoms with van der Waals surface area (Å²) >= 11 is 0. The van der Waals surface area contributed by atoms with Crippen LogP contribution >= 0.6 is 0 Å². The fourth-order valence-corrected chi connectivity index (χ4v) is 3.48. The number of rotatable bonds is 3. The van der Waals surface area contributed by atoms with Crippen molar-refractivity contribution in [3.05, 3.63) is 41.3 Å². The minimum atomic E-state index is 0.293. The molecule has 0 radical (unpaired) electrons. The molecule has 2 heterocycles. The van der Waals surface area contributed by atoms with Gasteiger partial charge in [-0.2, -0.15) is 0 Å². The summed E-state index contributed by atoms with van der Waals surface area (Å²) in [5, 5.41) is 9.55. The average molecular weight is 309 g/mol. The van der Waals surface area contributed by atoms with Crippen molar-refractivity contribution in [3.8, 4) is 17.0 Å². The molecular weight excluding hydrogens is 286 g/mol. The number of phenols is 1. The summed E-state index contributed by atoms with van der Waals surface area (Å²) in [5.41, 5.74) is 4.59. The van der Waals surface area contributed by atoms with Crippen LogP contribution in [0, 0.1) is 12.8 Å². The lowest BCUT2D eigenvalue weighted by atomic mass is 10.0. The Morgan fingerprint density at radius 1 is 1.17 bits per heavy atom. The van der Waals surface area contributed by atoms with Gasteiger partial charge in [-0.3, -0.25) is 4.90 Å². The van der Waals surface area contributed by atoms with E-state index in [-0.39, 0.29) is 0 Å². The van der Waals surface area contributed by atoms with Gasteiger partial charge in [0, 0.05) is 29.9 Å². The zero-order valence-corrected chi connectivity index (χ0v) is 13.6. The van der Waals surface area contributed by atoms with Gasteiger partial charge in [0.25, 0.3) is 0 Å². The molecular formula is C19H23N3O. The molecule has 4 nitrogen and oxygen atoms in total. The fraction of sp³-hybridized carbons (Fsp3) is 0.474. The number of aromatic nitrogens is 2. The molecule has 0 amide bonds. The van der Waals surface area contributed by atoms with Gasteiger partial charge < -0.3 is 5.11 Å². The Kier molecular flexibility index (Phi) is 3.77. The van der Waals surface area contributed by atoms with E-state index in [1.165, 1.54) is 37.1 Å². The summed E-state index contributed by atoms with van der Waals surface area (Å²) in [5.74, 6) is 2.03. The van der Waals surface area contributed by atoms with Gasteiger partial charge in [0.1, 0.15) is 11.6 Å². The Labute approximate surface area is 137 Å². The van der Waals surface area contributed by atoms with E-state index in [4.69, 9.17) is 9.97 Å². The average Bonchev–Trinajstić information content (AvgIpc) is 3.35. The van der Waals surface area contributed by atoms with Crippen molar-refractivity contribution in [1.29, 1.82) is 0 Å². The molecule has 1 aromatic heterocycles. The largest absolute Gasteiger partial charge is 0.508 e. The minimum Gasteiger partial charge on any atom is -0.508 e. The zero-order valence-electron chi connectivity index (χ0n) is 13.6. The van der Waals surface area contributed by atoms with Gasteiger partial charge in [0.2, 0.25) is 0 Å². The number of hydrogen-bond acceptors (Lipinski definition) is 4. The number of benzene rings is 1. The van der Waals surface area contributed by atoms with E-state index < -0.39 is 0 Å². The topological polar surface area (TPSA) is 49.3 Å². The molecule has 120 valence electrons. The third-order valence-corrected chi connectivity index (χ3v) is 4.83. The summed E-state index contributed by atoms with van der Waals surface area (Å²) < 4.78 is 0. The lowest BCUT2D eigenvalue weighted by Crippen LogP contribution is -2.26. The van der Waals surface area contributed by atoms with Crippen molar-refractivity contribution in [2.75, 3.05) is 13.1 Å². The van der Waals surface area contributed by atoms with Crippen LogP contribution in [0.3, 0.4) is 0 Å². The van der Waals surface area contributed by atoms with E-state index in [9.17, 15) is 5.11 Å². The van der Waals surface area contributed by atoms with Crippen molar-refractivity contribution < 1.29 is 5.11 Å². The lowest BCUT2D eigenvalue weighted by Gasteiger charge is -2.21. The molecule has 1 fully saturated rings. The first-order chi connectivity index (χ1) is 11.2. The van der Waals surface area contributed by atoms with Crippen molar-refractivity contribution in [3.63, 3.8) is 0 Å². The maximum atomic E-state index is 9.55. The van der Waals surface area contributed by atoms with Gasteiger partial charge in [-0.05, 0) is 69.3 Å². The third kappa shape index (κ3) is 3.22. The molecule has 2 aromatic rings. The normalized spacial score (nSPS) is 18.5. The van der Waals surface area contributed by atoms with Gasteiger partial charge in [-0.1, -0.05) is 0 Å². The van der Waals surface area contributed by atoms with Crippen molar-refractivity contribution >= 4 is 0 Å². The van der Waals surface area contributed by atoms with E-state index in [1.54, 1.807) is 12.1 Å². The summed E-state index contributed by atoms with van der Waals surface area (Å²) in [7, 11) is 0. The maximum absolute atomic E-state index is 9.55. The molecule has 1 N–H and O–H groups in total. The molecule has 1 aromatic carbocycles. The molecule has 2 aliphatic rings. The van der Waals surface area contributed by atoms with Crippen LogP contribution in [0.2, 0.25) is 0 Å². The van der Waals surface area contributed by atoms with Crippen LogP contribution in [0.5, 0.6) is 5.75 Å². The number of fused-ring (bicyclic) bond motifs is 1. The lowest BCUT2D eigenvalue weighted by molar-refractivity contribution is 0.259. The predicted molar refractivity (Wildman–Crippen MR) is 90.2 cm³/mol. The summed E-state index contributed by atoms with van der Waals surface area (Å²) in [6, 6.07) is 7.37. The van der Waals surface area contributed by atoms with E-state index in [1.807, 2.05) is 19.1 Å². The van der Waals surface area contributed by atoms with Crippen molar-refractivity contribution in [2.24, 2.45) is 5.92 Å². The molecule has 0 spiro atoms. The van der Waals surface area contributed by atoms with Crippen LogP contribution in [0.25, 0.3) is 11.3 Å². The monoisotopic (exact) mass is 309 g/mol. The molecule has 4 rings (SSSR count). The predicted octanol–water partition coefficient (Wildman–Crippen LogP) is 3.32. The Hall–Kier alpha value is -1.94. The Morgan fingerprint density at radius 3 is 2.70 bits per heavy atom. The quantitative estimate of drug-likeness (QED) is 0.945. The van der Waals surface area contributed by atoms with Crippen LogP contribution in [0.15, 0.2) is 24.3 Å². The first-order valence-corrected chi connectivity index (χ1v) is 8.57. The Bertz CT molecular complexity index is 707. The molecule has 0 bridgehead atoms. The standard InChI is InChI=1S/C19H23N3O/c1-13-20-18-3-2-10-22(11-14-4-5-14)12-17(18)19(21-13)15-6-8-16(23)9-7-15/h6-9,14,23H,2-5,10-12H2,1H3. The van der Waals surface area contributed by atoms with E-state index in [2.05, 4.69) is 4.90 Å². The molecule has 1 aliphatic heterocycles. The maximum Gasteiger partial charge on any atom is 0.126 e. The van der Waals surface area contributed by atoms with Crippen LogP contribution in [0.4, 0.5) is 0 Å². The second-order valence-electron chi connectivity index (χ2n) is 6.87. The summed E-state index contributed by atoms with van der Waals surface area (Å²) in [4.78, 5) is 12.0. The zero-order chi connectivity index (χ0) is 15.8. The fourth-order valence-electron chi connectivity index (χ4n) is 3.48. The molecule has 23 heavy (non-hydrogen) atoms. The van der Waals surface area contributed by atoms with Crippen LogP contribution in [0.1, 0.15) is 36.3 Å². The SMILES string of the molecule is Cc1nc2c(c(-c3ccc(O)cc3)n1)CN(CC1CC1)CCC2. The number of nitrogens with zero attached hydrogens (tertiary/aromatic N) is 3. The number of phenolic OH excluding ortho intramolecular Hbond substituents is 1. The van der Waals surface area contributed by atoms with E-state index >= 15 is 0 Å². The van der Waals surface area contributed by atoms with Gasteiger partial charge in [-0.25, -0.2) is 9.97 Å². The summed E-state index contributed by atoms with van der Waals surface area (Å²) in [6.45, 7) is 5.28. The molecule has 0 saturated heterocycles. The highest BCUT2D eigenvalue weighted by atomic mass is 16.3. The number of aromatic hydroxyl groups is 1. The van der Waals surface area contributed by atoms with Gasteiger partial charge in [0.15, 0.2) is 0 Å². The van der Waals surface area contributed by atoms with Crippen LogP contribution < -0.4 is 0 Å². The third-order valence-electron chi connectivity index (χ3n) is 4.83. The molecule has 0 atom stereocenters. The van der Waals surface area contributed by atoms with Crippen molar-refractivity contribution in [1.82, 2.24) is 14.9 Å². The number of hydrogen-bond donors (Lipinski definition) is 1. The smallest absolute Gasteiger partial charge is 0.126 e. The molecule has 4 heteroatoms. The Morgan fingerprint density at radius 2 is 1.96 bits per heavy atom. The van der Waals surface area contributed by atoms with E-state index in [0.29, 0.717) is 5.75 Å². The second kappa shape index (κ2) is 5.93.